The van der Waals surface area contributed by atoms with Gasteiger partial charge in [0, 0.05) is 27.6 Å². The minimum atomic E-state index is -0.604. The van der Waals surface area contributed by atoms with Gasteiger partial charge in [-0.15, -0.1) is 0 Å². The average molecular weight is 458 g/mol. The molecule has 0 fully saturated rings. The van der Waals surface area contributed by atoms with Crippen molar-refractivity contribution in [3.63, 3.8) is 0 Å². The molecule has 0 amide bonds. The van der Waals surface area contributed by atoms with Gasteiger partial charge in [0.25, 0.3) is 0 Å². The molecule has 1 aromatic heterocycles. The van der Waals surface area contributed by atoms with Gasteiger partial charge < -0.3 is 18.6 Å². The summed E-state index contributed by atoms with van der Waals surface area (Å²) in [6.45, 7) is 0.116. The van der Waals surface area contributed by atoms with E-state index in [2.05, 4.69) is 12.1 Å². The molecule has 6 heteroatoms. The lowest BCUT2D eigenvalue weighted by Crippen LogP contribution is -2.20. The minimum absolute atomic E-state index is 0.0832. The molecular formula is C28H23FO5. The molecule has 4 aromatic rings. The summed E-state index contributed by atoms with van der Waals surface area (Å²) in [6.07, 6.45) is 4.37. The van der Waals surface area contributed by atoms with Crippen LogP contribution < -0.4 is 4.74 Å². The number of halogens is 1. The summed E-state index contributed by atoms with van der Waals surface area (Å²) < 4.78 is 37.3. The molecule has 3 aromatic carbocycles. The summed E-state index contributed by atoms with van der Waals surface area (Å²) in [4.78, 5) is 12.7. The molecule has 2 aliphatic rings. The van der Waals surface area contributed by atoms with Gasteiger partial charge in [-0.05, 0) is 54.7 Å². The Morgan fingerprint density at radius 3 is 2.68 bits per heavy atom. The van der Waals surface area contributed by atoms with Crippen molar-refractivity contribution >= 4 is 16.9 Å². The summed E-state index contributed by atoms with van der Waals surface area (Å²) in [5.74, 6) is -0.337. The molecule has 0 saturated carbocycles. The number of carbonyl (C=O) groups is 1. The Kier molecular flexibility index (Phi) is 5.30. The van der Waals surface area contributed by atoms with E-state index in [4.69, 9.17) is 18.6 Å². The number of esters is 1. The second-order valence-corrected chi connectivity index (χ2v) is 8.79. The fourth-order valence-corrected chi connectivity index (χ4v) is 4.81. The van der Waals surface area contributed by atoms with E-state index >= 15 is 0 Å². The fourth-order valence-electron chi connectivity index (χ4n) is 4.81. The Morgan fingerprint density at radius 1 is 1.00 bits per heavy atom. The number of hydrogen-bond acceptors (Lipinski definition) is 5. The Bertz CT molecular complexity index is 1370. The highest BCUT2D eigenvalue weighted by atomic mass is 19.1. The third-order valence-corrected chi connectivity index (χ3v) is 6.49. The number of carbonyl (C=O) groups excluding carboxylic acids is 1. The molecule has 5 nitrogen and oxygen atoms in total. The van der Waals surface area contributed by atoms with Crippen molar-refractivity contribution in [2.45, 2.75) is 45.2 Å². The van der Waals surface area contributed by atoms with Crippen LogP contribution >= 0.6 is 0 Å². The normalized spacial score (nSPS) is 16.7. The average Bonchev–Trinajstić information content (AvgIpc) is 3.47. The first-order valence-electron chi connectivity index (χ1n) is 11.5. The first kappa shape index (κ1) is 20.9. The summed E-state index contributed by atoms with van der Waals surface area (Å²) in [5.41, 5.74) is 6.16. The summed E-state index contributed by atoms with van der Waals surface area (Å²) in [6, 6.07) is 16.5. The molecule has 0 bridgehead atoms. The largest absolute Gasteiger partial charge is 0.464 e. The Balaban J connectivity index is 1.18. The standard InChI is InChI=1S/C28H23FO5/c29-23-9-21(27-22(10-23)16-33-28(34-27)17-5-2-1-3-6-17)15-32-26(30)13-20-14-31-25-12-19-8-4-7-18(19)11-24(20)25/h1-3,5-6,9-12,14,28H,4,7-8,13,15-16H2/t28-/m1/s1. The zero-order valence-corrected chi connectivity index (χ0v) is 18.5. The number of hydrogen-bond donors (Lipinski definition) is 0. The molecule has 0 spiro atoms. The topological polar surface area (TPSA) is 57.9 Å². The van der Waals surface area contributed by atoms with Crippen LogP contribution in [0.1, 0.15) is 46.1 Å². The van der Waals surface area contributed by atoms with Crippen molar-refractivity contribution in [2.75, 3.05) is 0 Å². The van der Waals surface area contributed by atoms with E-state index in [1.807, 2.05) is 30.3 Å². The second-order valence-electron chi connectivity index (χ2n) is 8.79. The zero-order valence-electron chi connectivity index (χ0n) is 18.5. The summed E-state index contributed by atoms with van der Waals surface area (Å²) >= 11 is 0. The third-order valence-electron chi connectivity index (χ3n) is 6.49. The van der Waals surface area contributed by atoms with Crippen molar-refractivity contribution in [3.05, 3.63) is 100 Å². The lowest BCUT2D eigenvalue weighted by Gasteiger charge is -2.28. The van der Waals surface area contributed by atoms with Crippen molar-refractivity contribution in [3.8, 4) is 5.75 Å². The van der Waals surface area contributed by atoms with Gasteiger partial charge >= 0.3 is 5.97 Å². The van der Waals surface area contributed by atoms with E-state index in [9.17, 15) is 9.18 Å². The van der Waals surface area contributed by atoms with Gasteiger partial charge in [-0.1, -0.05) is 30.3 Å². The summed E-state index contributed by atoms with van der Waals surface area (Å²) in [5, 5.41) is 0.951. The molecule has 0 saturated heterocycles. The molecular weight excluding hydrogens is 435 g/mol. The van der Waals surface area contributed by atoms with E-state index in [0.29, 0.717) is 16.9 Å². The Labute approximate surface area is 196 Å². The van der Waals surface area contributed by atoms with Crippen LogP contribution in [0.4, 0.5) is 4.39 Å². The van der Waals surface area contributed by atoms with E-state index in [1.54, 1.807) is 6.26 Å². The predicted octanol–water partition coefficient (Wildman–Crippen LogP) is 5.95. The van der Waals surface area contributed by atoms with Crippen LogP contribution in [0.25, 0.3) is 11.0 Å². The van der Waals surface area contributed by atoms with Crippen LogP contribution in [0.5, 0.6) is 5.75 Å². The van der Waals surface area contributed by atoms with Gasteiger partial charge in [-0.25, -0.2) is 4.39 Å². The number of fused-ring (bicyclic) bond motifs is 3. The lowest BCUT2D eigenvalue weighted by molar-refractivity contribution is -0.144. The van der Waals surface area contributed by atoms with Gasteiger partial charge in [0.2, 0.25) is 6.29 Å². The van der Waals surface area contributed by atoms with E-state index in [1.165, 1.54) is 23.3 Å². The molecule has 0 unspecified atom stereocenters. The highest BCUT2D eigenvalue weighted by molar-refractivity contribution is 5.87. The third kappa shape index (κ3) is 3.94. The molecule has 0 radical (unpaired) electrons. The fraction of sp³-hybridized carbons (Fsp3) is 0.250. The predicted molar refractivity (Wildman–Crippen MR) is 123 cm³/mol. The maximum absolute atomic E-state index is 14.2. The molecule has 1 aliphatic carbocycles. The van der Waals surface area contributed by atoms with E-state index < -0.39 is 18.1 Å². The van der Waals surface area contributed by atoms with Crippen LogP contribution in [0.3, 0.4) is 0 Å². The molecule has 172 valence electrons. The number of aryl methyl sites for hydroxylation is 2. The quantitative estimate of drug-likeness (QED) is 0.346. The van der Waals surface area contributed by atoms with Crippen LogP contribution in [0, 0.1) is 5.82 Å². The van der Waals surface area contributed by atoms with Crippen molar-refractivity contribution in [1.82, 2.24) is 0 Å². The van der Waals surface area contributed by atoms with Gasteiger partial charge in [-0.3, -0.25) is 4.79 Å². The first-order chi connectivity index (χ1) is 16.6. The van der Waals surface area contributed by atoms with Crippen LogP contribution in [-0.4, -0.2) is 5.97 Å². The summed E-state index contributed by atoms with van der Waals surface area (Å²) in [7, 11) is 0. The molecule has 1 atom stereocenters. The Morgan fingerprint density at radius 2 is 1.82 bits per heavy atom. The number of furan rings is 1. The number of benzene rings is 3. The van der Waals surface area contributed by atoms with E-state index in [0.717, 1.165) is 41.4 Å². The number of rotatable bonds is 5. The molecule has 0 N–H and O–H groups in total. The molecule has 6 rings (SSSR count). The van der Waals surface area contributed by atoms with Crippen LogP contribution in [0.15, 0.2) is 65.3 Å². The van der Waals surface area contributed by atoms with Crippen molar-refractivity contribution in [2.24, 2.45) is 0 Å². The van der Waals surface area contributed by atoms with E-state index in [-0.39, 0.29) is 19.6 Å². The second kappa shape index (κ2) is 8.61. The smallest absolute Gasteiger partial charge is 0.310 e. The van der Waals surface area contributed by atoms with Crippen molar-refractivity contribution in [1.29, 1.82) is 0 Å². The van der Waals surface area contributed by atoms with Gasteiger partial charge in [-0.2, -0.15) is 0 Å². The SMILES string of the molecule is O=C(Cc1coc2cc3c(cc12)CCC3)OCc1cc(F)cc2c1O[C@H](c1ccccc1)OC2. The highest BCUT2D eigenvalue weighted by Gasteiger charge is 2.26. The van der Waals surface area contributed by atoms with Gasteiger partial charge in [0.1, 0.15) is 23.8 Å². The minimum Gasteiger partial charge on any atom is -0.464 e. The maximum atomic E-state index is 14.2. The van der Waals surface area contributed by atoms with Gasteiger partial charge in [0.15, 0.2) is 0 Å². The highest BCUT2D eigenvalue weighted by Crippen LogP contribution is 2.37. The molecule has 34 heavy (non-hydrogen) atoms. The van der Waals surface area contributed by atoms with Crippen LogP contribution in [0.2, 0.25) is 0 Å². The zero-order chi connectivity index (χ0) is 23.1. The lowest BCUT2D eigenvalue weighted by atomic mass is 10.0. The van der Waals surface area contributed by atoms with Crippen molar-refractivity contribution < 1.29 is 27.8 Å². The Hall–Kier alpha value is -3.64. The van der Waals surface area contributed by atoms with Crippen LogP contribution in [-0.2, 0) is 46.7 Å². The number of ether oxygens (including phenoxy) is 3. The maximum Gasteiger partial charge on any atom is 0.310 e. The molecule has 2 heterocycles. The first-order valence-corrected chi connectivity index (χ1v) is 11.5. The van der Waals surface area contributed by atoms with Gasteiger partial charge in [0.05, 0.1) is 19.3 Å². The monoisotopic (exact) mass is 458 g/mol. The molecule has 1 aliphatic heterocycles.